The standard InChI is InChI=1S/C12H15IN2O3S/c1-7(6-19-2)14-12(18)15-10-4-3-8(13)5-9(10)11(16)17/h3-5,7H,6H2,1-2H3,(H,16,17)(H2,14,15,18). The SMILES string of the molecule is CSCC(C)NC(=O)Nc1ccc(I)cc1C(=O)O. The van der Waals surface area contributed by atoms with Crippen LogP contribution in [0.15, 0.2) is 18.2 Å². The maximum absolute atomic E-state index is 11.7. The van der Waals surface area contributed by atoms with Crippen molar-refractivity contribution < 1.29 is 14.7 Å². The average Bonchev–Trinajstić information content (AvgIpc) is 2.31. The number of aromatic carboxylic acids is 1. The fraction of sp³-hybridized carbons (Fsp3) is 0.333. The second-order valence-electron chi connectivity index (χ2n) is 3.95. The van der Waals surface area contributed by atoms with Crippen molar-refractivity contribution in [1.82, 2.24) is 5.32 Å². The van der Waals surface area contributed by atoms with Crippen LogP contribution in [0.25, 0.3) is 0 Å². The van der Waals surface area contributed by atoms with Crippen LogP contribution in [-0.2, 0) is 0 Å². The number of thioether (sulfide) groups is 1. The van der Waals surface area contributed by atoms with E-state index in [2.05, 4.69) is 10.6 Å². The maximum atomic E-state index is 11.7. The highest BCUT2D eigenvalue weighted by Gasteiger charge is 2.14. The van der Waals surface area contributed by atoms with E-state index in [1.807, 2.05) is 35.8 Å². The highest BCUT2D eigenvalue weighted by atomic mass is 127. The van der Waals surface area contributed by atoms with Crippen LogP contribution in [0, 0.1) is 3.57 Å². The predicted octanol–water partition coefficient (Wildman–Crippen LogP) is 2.86. The molecule has 7 heteroatoms. The van der Waals surface area contributed by atoms with Gasteiger partial charge in [0, 0.05) is 15.4 Å². The second-order valence-corrected chi connectivity index (χ2v) is 6.11. The van der Waals surface area contributed by atoms with Crippen molar-refractivity contribution in [3.05, 3.63) is 27.3 Å². The first-order valence-corrected chi connectivity index (χ1v) is 8.00. The van der Waals surface area contributed by atoms with E-state index in [9.17, 15) is 9.59 Å². The summed E-state index contributed by atoms with van der Waals surface area (Å²) in [6, 6.07) is 4.47. The summed E-state index contributed by atoms with van der Waals surface area (Å²) in [6.45, 7) is 1.89. The molecule has 0 aliphatic carbocycles. The molecule has 0 saturated heterocycles. The molecule has 1 unspecified atom stereocenters. The molecule has 1 rings (SSSR count). The van der Waals surface area contributed by atoms with Crippen LogP contribution < -0.4 is 10.6 Å². The third-order valence-electron chi connectivity index (χ3n) is 2.25. The number of carbonyl (C=O) groups is 2. The van der Waals surface area contributed by atoms with Gasteiger partial charge < -0.3 is 15.7 Å². The predicted molar refractivity (Wildman–Crippen MR) is 86.1 cm³/mol. The summed E-state index contributed by atoms with van der Waals surface area (Å²) in [6.07, 6.45) is 1.96. The molecule has 5 nitrogen and oxygen atoms in total. The zero-order valence-electron chi connectivity index (χ0n) is 10.6. The summed E-state index contributed by atoms with van der Waals surface area (Å²) in [5.74, 6) is -0.266. The molecule has 1 aromatic rings. The highest BCUT2D eigenvalue weighted by Crippen LogP contribution is 2.18. The van der Waals surface area contributed by atoms with E-state index in [-0.39, 0.29) is 11.6 Å². The van der Waals surface area contributed by atoms with Gasteiger partial charge in [0.1, 0.15) is 0 Å². The molecule has 0 bridgehead atoms. The lowest BCUT2D eigenvalue weighted by Crippen LogP contribution is -2.37. The van der Waals surface area contributed by atoms with Crippen molar-refractivity contribution in [2.45, 2.75) is 13.0 Å². The lowest BCUT2D eigenvalue weighted by atomic mass is 10.2. The number of amides is 2. The normalized spacial score (nSPS) is 11.7. The number of rotatable bonds is 5. The van der Waals surface area contributed by atoms with Crippen LogP contribution >= 0.6 is 34.4 Å². The van der Waals surface area contributed by atoms with Gasteiger partial charge in [-0.15, -0.1) is 0 Å². The van der Waals surface area contributed by atoms with Gasteiger partial charge >= 0.3 is 12.0 Å². The summed E-state index contributed by atoms with van der Waals surface area (Å²) in [5.41, 5.74) is 0.376. The molecule has 1 aromatic carbocycles. The Kier molecular flexibility index (Phi) is 6.43. The first-order chi connectivity index (χ1) is 8.93. The molecule has 104 valence electrons. The van der Waals surface area contributed by atoms with Crippen LogP contribution in [0.1, 0.15) is 17.3 Å². The molecule has 0 spiro atoms. The number of carbonyl (C=O) groups excluding carboxylic acids is 1. The van der Waals surface area contributed by atoms with Crippen molar-refractivity contribution >= 4 is 52.0 Å². The van der Waals surface area contributed by atoms with Crippen LogP contribution in [0.2, 0.25) is 0 Å². The molecule has 1 atom stereocenters. The summed E-state index contributed by atoms with van der Waals surface area (Å²) < 4.78 is 0.803. The minimum absolute atomic E-state index is 0.0205. The Morgan fingerprint density at radius 2 is 2.16 bits per heavy atom. The monoisotopic (exact) mass is 394 g/mol. The van der Waals surface area contributed by atoms with E-state index in [0.717, 1.165) is 9.32 Å². The molecule has 2 amide bonds. The third kappa shape index (κ3) is 5.27. The van der Waals surface area contributed by atoms with Crippen LogP contribution in [0.4, 0.5) is 10.5 Å². The van der Waals surface area contributed by atoms with E-state index in [1.54, 1.807) is 23.9 Å². The highest BCUT2D eigenvalue weighted by molar-refractivity contribution is 14.1. The Labute approximate surface area is 129 Å². The van der Waals surface area contributed by atoms with E-state index in [1.165, 1.54) is 6.07 Å². The molecule has 0 aliphatic rings. The van der Waals surface area contributed by atoms with Gasteiger partial charge in [-0.05, 0) is 54.0 Å². The fourth-order valence-corrected chi connectivity index (χ4v) is 2.55. The van der Waals surface area contributed by atoms with Gasteiger partial charge in [0.05, 0.1) is 11.3 Å². The van der Waals surface area contributed by atoms with Crippen LogP contribution in [-0.4, -0.2) is 35.2 Å². The number of halogens is 1. The van der Waals surface area contributed by atoms with Gasteiger partial charge in [-0.2, -0.15) is 11.8 Å². The van der Waals surface area contributed by atoms with Gasteiger partial charge in [-0.1, -0.05) is 0 Å². The minimum Gasteiger partial charge on any atom is -0.478 e. The molecule has 19 heavy (non-hydrogen) atoms. The third-order valence-corrected chi connectivity index (χ3v) is 3.76. The van der Waals surface area contributed by atoms with Gasteiger partial charge in [-0.3, -0.25) is 0 Å². The molecule has 0 heterocycles. The number of carboxylic acid groups (broad SMARTS) is 1. The Hall–Kier alpha value is -0.960. The van der Waals surface area contributed by atoms with Crippen molar-refractivity contribution in [3.8, 4) is 0 Å². The molecule has 0 saturated carbocycles. The Morgan fingerprint density at radius 3 is 2.74 bits per heavy atom. The fourth-order valence-electron chi connectivity index (χ4n) is 1.48. The lowest BCUT2D eigenvalue weighted by Gasteiger charge is -2.14. The van der Waals surface area contributed by atoms with E-state index >= 15 is 0 Å². The van der Waals surface area contributed by atoms with E-state index in [4.69, 9.17) is 5.11 Å². The van der Waals surface area contributed by atoms with Crippen molar-refractivity contribution in [3.63, 3.8) is 0 Å². The topological polar surface area (TPSA) is 78.4 Å². The zero-order valence-corrected chi connectivity index (χ0v) is 13.5. The smallest absolute Gasteiger partial charge is 0.337 e. The molecule has 3 N–H and O–H groups in total. The Bertz CT molecular complexity index is 482. The van der Waals surface area contributed by atoms with Gasteiger partial charge in [0.25, 0.3) is 0 Å². The average molecular weight is 394 g/mol. The molecular formula is C12H15IN2O3S. The molecule has 0 aliphatic heterocycles. The molecule has 0 aromatic heterocycles. The van der Waals surface area contributed by atoms with Crippen molar-refractivity contribution in [2.75, 3.05) is 17.3 Å². The summed E-state index contributed by atoms with van der Waals surface area (Å²) in [5, 5.41) is 14.4. The number of anilines is 1. The maximum Gasteiger partial charge on any atom is 0.337 e. The molecule has 0 fully saturated rings. The molecule has 0 radical (unpaired) electrons. The van der Waals surface area contributed by atoms with Crippen molar-refractivity contribution in [1.29, 1.82) is 0 Å². The van der Waals surface area contributed by atoms with Gasteiger partial charge in [-0.25, -0.2) is 9.59 Å². The number of nitrogens with one attached hydrogen (secondary N) is 2. The quantitative estimate of drug-likeness (QED) is 0.672. The zero-order chi connectivity index (χ0) is 14.4. The summed E-state index contributed by atoms with van der Waals surface area (Å²) in [4.78, 5) is 22.8. The van der Waals surface area contributed by atoms with Crippen molar-refractivity contribution in [2.24, 2.45) is 0 Å². The summed E-state index contributed by atoms with van der Waals surface area (Å²) >= 11 is 3.66. The number of urea groups is 1. The second kappa shape index (κ2) is 7.59. The first-order valence-electron chi connectivity index (χ1n) is 5.53. The van der Waals surface area contributed by atoms with Crippen LogP contribution in [0.5, 0.6) is 0 Å². The van der Waals surface area contributed by atoms with Gasteiger partial charge in [0.2, 0.25) is 0 Å². The summed E-state index contributed by atoms with van der Waals surface area (Å²) in [7, 11) is 0. The van der Waals surface area contributed by atoms with Crippen LogP contribution in [0.3, 0.4) is 0 Å². The molecular weight excluding hydrogens is 379 g/mol. The van der Waals surface area contributed by atoms with E-state index < -0.39 is 12.0 Å². The number of carboxylic acids is 1. The number of hydrogen-bond acceptors (Lipinski definition) is 3. The van der Waals surface area contributed by atoms with E-state index in [0.29, 0.717) is 5.69 Å². The Morgan fingerprint density at radius 1 is 1.47 bits per heavy atom. The number of hydrogen-bond donors (Lipinski definition) is 3. The first kappa shape index (κ1) is 16.1. The lowest BCUT2D eigenvalue weighted by molar-refractivity contribution is 0.0698. The Balaban J connectivity index is 2.76. The number of benzene rings is 1. The largest absolute Gasteiger partial charge is 0.478 e. The minimum atomic E-state index is -1.06. The van der Waals surface area contributed by atoms with Gasteiger partial charge in [0.15, 0.2) is 0 Å².